The van der Waals surface area contributed by atoms with Crippen LogP contribution in [-0.2, 0) is 9.59 Å². The van der Waals surface area contributed by atoms with Gasteiger partial charge in [0.15, 0.2) is 0 Å². The lowest BCUT2D eigenvalue weighted by molar-refractivity contribution is -0.123. The Morgan fingerprint density at radius 1 is 1.50 bits per heavy atom. The number of methoxy groups -OCH3 is 1. The van der Waals surface area contributed by atoms with Crippen molar-refractivity contribution in [2.24, 2.45) is 0 Å². The molecule has 2 aromatic rings. The van der Waals surface area contributed by atoms with E-state index in [0.717, 1.165) is 0 Å². The van der Waals surface area contributed by atoms with E-state index in [1.807, 2.05) is 0 Å². The van der Waals surface area contributed by atoms with E-state index in [9.17, 15) is 9.59 Å². The van der Waals surface area contributed by atoms with Crippen molar-refractivity contribution in [3.8, 4) is 5.75 Å². The van der Waals surface area contributed by atoms with Gasteiger partial charge >= 0.3 is 0 Å². The first-order chi connectivity index (χ1) is 10.6. The van der Waals surface area contributed by atoms with Gasteiger partial charge in [-0.25, -0.2) is 4.68 Å². The van der Waals surface area contributed by atoms with E-state index in [4.69, 9.17) is 4.74 Å². The Morgan fingerprint density at radius 3 is 3.09 bits per heavy atom. The highest BCUT2D eigenvalue weighted by Gasteiger charge is 2.34. The van der Waals surface area contributed by atoms with Crippen LogP contribution in [0, 0.1) is 6.92 Å². The number of nitrogens with one attached hydrogen (secondary N) is 2. The summed E-state index contributed by atoms with van der Waals surface area (Å²) in [6, 6.07) is 6.33. The summed E-state index contributed by atoms with van der Waals surface area (Å²) in [5.74, 6) is 1.01. The van der Waals surface area contributed by atoms with E-state index in [0.29, 0.717) is 23.2 Å². The Bertz CT molecular complexity index is 740. The van der Waals surface area contributed by atoms with Crippen LogP contribution in [0.1, 0.15) is 18.3 Å². The normalized spacial score (nSPS) is 16.1. The van der Waals surface area contributed by atoms with Crippen LogP contribution < -0.4 is 15.4 Å². The molecule has 114 valence electrons. The van der Waals surface area contributed by atoms with Crippen LogP contribution >= 0.6 is 0 Å². The molecule has 2 amide bonds. The van der Waals surface area contributed by atoms with Gasteiger partial charge in [0, 0.05) is 11.8 Å². The van der Waals surface area contributed by atoms with Gasteiger partial charge in [0.25, 0.3) is 5.91 Å². The number of hydrogen-bond donors (Lipinski definition) is 2. The summed E-state index contributed by atoms with van der Waals surface area (Å²) in [7, 11) is 1.55. The molecule has 0 spiro atoms. The monoisotopic (exact) mass is 301 g/mol. The Kier molecular flexibility index (Phi) is 3.50. The number of rotatable bonds is 4. The molecule has 0 fully saturated rings. The lowest BCUT2D eigenvalue weighted by Crippen LogP contribution is -2.23. The van der Waals surface area contributed by atoms with Crippen molar-refractivity contribution in [3.63, 3.8) is 0 Å². The molecule has 1 aromatic heterocycles. The molecule has 8 heteroatoms. The van der Waals surface area contributed by atoms with Crippen molar-refractivity contribution >= 4 is 23.5 Å². The number of aryl methyl sites for hydroxylation is 1. The van der Waals surface area contributed by atoms with Gasteiger partial charge in [-0.1, -0.05) is 6.07 Å². The van der Waals surface area contributed by atoms with Crippen molar-refractivity contribution in [3.05, 3.63) is 30.1 Å². The van der Waals surface area contributed by atoms with Gasteiger partial charge in [0.2, 0.25) is 11.9 Å². The molecule has 2 N–H and O–H groups in total. The van der Waals surface area contributed by atoms with Gasteiger partial charge in [0.05, 0.1) is 13.5 Å². The van der Waals surface area contributed by atoms with E-state index in [1.165, 1.54) is 4.68 Å². The van der Waals surface area contributed by atoms with Gasteiger partial charge < -0.3 is 10.1 Å². The number of anilines is 2. The van der Waals surface area contributed by atoms with Crippen LogP contribution in [0.5, 0.6) is 5.75 Å². The largest absolute Gasteiger partial charge is 0.497 e. The minimum atomic E-state index is -0.679. The molecule has 0 saturated carbocycles. The Labute approximate surface area is 126 Å². The second kappa shape index (κ2) is 5.47. The fourth-order valence-corrected chi connectivity index (χ4v) is 2.30. The Morgan fingerprint density at radius 2 is 2.32 bits per heavy atom. The van der Waals surface area contributed by atoms with Crippen LogP contribution in [0.4, 0.5) is 11.6 Å². The molecule has 1 aliphatic rings. The minimum absolute atomic E-state index is 0.0150. The first-order valence-electron chi connectivity index (χ1n) is 6.75. The molecule has 0 radical (unpaired) electrons. The van der Waals surface area contributed by atoms with Gasteiger partial charge in [-0.2, -0.15) is 10.1 Å². The molecule has 3 rings (SSSR count). The SMILES string of the molecule is COc1cccc(NC(=O)CC2C(=O)Nc3nc(C)nn32)c1. The third kappa shape index (κ3) is 2.62. The van der Waals surface area contributed by atoms with Crippen LogP contribution in [0.25, 0.3) is 0 Å². The maximum absolute atomic E-state index is 12.1. The first-order valence-corrected chi connectivity index (χ1v) is 6.75. The lowest BCUT2D eigenvalue weighted by atomic mass is 10.2. The number of carbonyl (C=O) groups excluding carboxylic acids is 2. The summed E-state index contributed by atoms with van der Waals surface area (Å²) in [6.07, 6.45) is -0.0150. The zero-order valence-electron chi connectivity index (χ0n) is 12.2. The molecular weight excluding hydrogens is 286 g/mol. The average Bonchev–Trinajstić information content (AvgIpc) is 2.96. The van der Waals surface area contributed by atoms with Crippen molar-refractivity contribution in [1.82, 2.24) is 14.8 Å². The summed E-state index contributed by atoms with van der Waals surface area (Å²) < 4.78 is 6.55. The predicted octanol–water partition coefficient (Wildman–Crippen LogP) is 1.12. The number of hydrogen-bond acceptors (Lipinski definition) is 5. The highest BCUT2D eigenvalue weighted by atomic mass is 16.5. The molecular formula is C14H15N5O3. The molecule has 1 aliphatic heterocycles. The molecule has 1 aromatic carbocycles. The number of nitrogens with zero attached hydrogens (tertiary/aromatic N) is 3. The highest BCUT2D eigenvalue weighted by Crippen LogP contribution is 2.25. The number of aromatic nitrogens is 3. The highest BCUT2D eigenvalue weighted by molar-refractivity contribution is 6.00. The maximum atomic E-state index is 12.1. The zero-order chi connectivity index (χ0) is 15.7. The van der Waals surface area contributed by atoms with E-state index >= 15 is 0 Å². The predicted molar refractivity (Wildman–Crippen MR) is 78.7 cm³/mol. The smallest absolute Gasteiger partial charge is 0.252 e. The molecule has 2 heterocycles. The van der Waals surface area contributed by atoms with E-state index in [-0.39, 0.29) is 18.2 Å². The fraction of sp³-hybridized carbons (Fsp3) is 0.286. The van der Waals surface area contributed by atoms with Crippen molar-refractivity contribution in [2.45, 2.75) is 19.4 Å². The van der Waals surface area contributed by atoms with Gasteiger partial charge in [0.1, 0.15) is 17.6 Å². The standard InChI is InChI=1S/C14H15N5O3/c1-8-15-14-17-13(21)11(19(14)18-8)7-12(20)16-9-4-3-5-10(6-9)22-2/h3-6,11H,7H2,1-2H3,(H,16,20)(H,15,17,18,21). The molecule has 0 bridgehead atoms. The number of fused-ring (bicyclic) bond motifs is 1. The third-order valence-electron chi connectivity index (χ3n) is 3.30. The van der Waals surface area contributed by atoms with E-state index < -0.39 is 6.04 Å². The van der Waals surface area contributed by atoms with Gasteiger partial charge in [-0.3, -0.25) is 14.9 Å². The molecule has 8 nitrogen and oxygen atoms in total. The Hall–Kier alpha value is -2.90. The Balaban J connectivity index is 1.70. The fourth-order valence-electron chi connectivity index (χ4n) is 2.30. The zero-order valence-corrected chi connectivity index (χ0v) is 12.2. The number of carbonyl (C=O) groups is 2. The van der Waals surface area contributed by atoms with E-state index in [1.54, 1.807) is 38.3 Å². The number of ether oxygens (including phenoxy) is 1. The summed E-state index contributed by atoms with van der Waals surface area (Å²) in [4.78, 5) is 28.1. The summed E-state index contributed by atoms with van der Waals surface area (Å²) in [5.41, 5.74) is 0.609. The topological polar surface area (TPSA) is 98.1 Å². The molecule has 1 unspecified atom stereocenters. The summed E-state index contributed by atoms with van der Waals surface area (Å²) >= 11 is 0. The summed E-state index contributed by atoms with van der Waals surface area (Å²) in [6.45, 7) is 1.73. The second-order valence-electron chi connectivity index (χ2n) is 4.92. The van der Waals surface area contributed by atoms with Crippen molar-refractivity contribution in [2.75, 3.05) is 17.7 Å². The second-order valence-corrected chi connectivity index (χ2v) is 4.92. The van der Waals surface area contributed by atoms with Gasteiger partial charge in [-0.15, -0.1) is 0 Å². The van der Waals surface area contributed by atoms with E-state index in [2.05, 4.69) is 20.7 Å². The van der Waals surface area contributed by atoms with Crippen LogP contribution in [0.2, 0.25) is 0 Å². The first kappa shape index (κ1) is 14.1. The number of amides is 2. The maximum Gasteiger partial charge on any atom is 0.252 e. The molecule has 0 aliphatic carbocycles. The van der Waals surface area contributed by atoms with Crippen molar-refractivity contribution < 1.29 is 14.3 Å². The van der Waals surface area contributed by atoms with Crippen LogP contribution in [-0.4, -0.2) is 33.7 Å². The molecule has 1 atom stereocenters. The minimum Gasteiger partial charge on any atom is -0.497 e. The average molecular weight is 301 g/mol. The molecule has 0 saturated heterocycles. The van der Waals surface area contributed by atoms with Gasteiger partial charge in [-0.05, 0) is 19.1 Å². The van der Waals surface area contributed by atoms with Crippen LogP contribution in [0.15, 0.2) is 24.3 Å². The quantitative estimate of drug-likeness (QED) is 0.881. The molecule has 22 heavy (non-hydrogen) atoms. The third-order valence-corrected chi connectivity index (χ3v) is 3.30. The summed E-state index contributed by atoms with van der Waals surface area (Å²) in [5, 5.41) is 9.48. The lowest BCUT2D eigenvalue weighted by Gasteiger charge is -2.10. The van der Waals surface area contributed by atoms with Crippen LogP contribution in [0.3, 0.4) is 0 Å². The van der Waals surface area contributed by atoms with Crippen molar-refractivity contribution in [1.29, 1.82) is 0 Å². The number of benzene rings is 1.